The third-order valence-corrected chi connectivity index (χ3v) is 4.66. The number of nitrogens with two attached hydrogens (primary N) is 1. The van der Waals surface area contributed by atoms with Crippen molar-refractivity contribution in [2.24, 2.45) is 17.6 Å². The molecule has 94 valence electrons. The molecule has 1 aliphatic carbocycles. The molecule has 2 aliphatic rings. The van der Waals surface area contributed by atoms with Gasteiger partial charge in [0, 0.05) is 19.1 Å². The largest absolute Gasteiger partial charge is 0.327 e. The van der Waals surface area contributed by atoms with E-state index in [4.69, 9.17) is 5.73 Å². The molecule has 1 heterocycles. The van der Waals surface area contributed by atoms with Crippen LogP contribution in [0.1, 0.15) is 51.9 Å². The second-order valence-corrected chi connectivity index (χ2v) is 5.88. The first-order valence-corrected chi connectivity index (χ1v) is 7.27. The van der Waals surface area contributed by atoms with E-state index < -0.39 is 0 Å². The summed E-state index contributed by atoms with van der Waals surface area (Å²) in [6.07, 6.45) is 9.57. The Labute approximate surface area is 101 Å². The fourth-order valence-corrected chi connectivity index (χ4v) is 3.38. The molecule has 2 rings (SSSR count). The van der Waals surface area contributed by atoms with Gasteiger partial charge >= 0.3 is 0 Å². The van der Waals surface area contributed by atoms with Crippen LogP contribution in [0, 0.1) is 11.8 Å². The lowest BCUT2D eigenvalue weighted by Crippen LogP contribution is -2.38. The SMILES string of the molecule is CCC1CCN(CC2CCCCCC2N)C1. The third-order valence-electron chi connectivity index (χ3n) is 4.66. The zero-order valence-corrected chi connectivity index (χ0v) is 10.8. The number of likely N-dealkylation sites (tertiary alicyclic amines) is 1. The van der Waals surface area contributed by atoms with E-state index in [1.54, 1.807) is 0 Å². The van der Waals surface area contributed by atoms with Crippen LogP contribution in [0.25, 0.3) is 0 Å². The van der Waals surface area contributed by atoms with Gasteiger partial charge in [-0.2, -0.15) is 0 Å². The maximum absolute atomic E-state index is 6.30. The number of hydrogen-bond donors (Lipinski definition) is 1. The van der Waals surface area contributed by atoms with E-state index >= 15 is 0 Å². The van der Waals surface area contributed by atoms with Gasteiger partial charge in [-0.05, 0) is 37.6 Å². The van der Waals surface area contributed by atoms with Gasteiger partial charge in [-0.25, -0.2) is 0 Å². The number of rotatable bonds is 3. The van der Waals surface area contributed by atoms with Crippen LogP contribution in [0.2, 0.25) is 0 Å². The molecule has 3 unspecified atom stereocenters. The first kappa shape index (κ1) is 12.4. The molecule has 0 radical (unpaired) electrons. The van der Waals surface area contributed by atoms with E-state index in [0.717, 1.165) is 11.8 Å². The maximum atomic E-state index is 6.30. The summed E-state index contributed by atoms with van der Waals surface area (Å²) in [6.45, 7) is 6.25. The van der Waals surface area contributed by atoms with E-state index in [1.807, 2.05) is 0 Å². The highest BCUT2D eigenvalue weighted by Crippen LogP contribution is 2.26. The van der Waals surface area contributed by atoms with Crippen molar-refractivity contribution in [2.45, 2.75) is 57.9 Å². The maximum Gasteiger partial charge on any atom is 0.00793 e. The van der Waals surface area contributed by atoms with E-state index in [-0.39, 0.29) is 0 Å². The van der Waals surface area contributed by atoms with Crippen molar-refractivity contribution < 1.29 is 0 Å². The van der Waals surface area contributed by atoms with Crippen molar-refractivity contribution in [1.82, 2.24) is 4.90 Å². The number of nitrogens with zero attached hydrogens (tertiary/aromatic N) is 1. The Morgan fingerprint density at radius 3 is 2.69 bits per heavy atom. The lowest BCUT2D eigenvalue weighted by atomic mass is 9.95. The molecule has 0 bridgehead atoms. The summed E-state index contributed by atoms with van der Waals surface area (Å²) in [6, 6.07) is 0.475. The summed E-state index contributed by atoms with van der Waals surface area (Å²) in [4.78, 5) is 2.67. The normalized spacial score (nSPS) is 37.5. The summed E-state index contributed by atoms with van der Waals surface area (Å²) in [7, 11) is 0. The van der Waals surface area contributed by atoms with Crippen LogP contribution < -0.4 is 5.73 Å². The smallest absolute Gasteiger partial charge is 0.00793 e. The lowest BCUT2D eigenvalue weighted by Gasteiger charge is -2.27. The van der Waals surface area contributed by atoms with Gasteiger partial charge < -0.3 is 10.6 Å². The molecule has 0 aromatic carbocycles. The molecule has 0 aromatic heterocycles. The summed E-state index contributed by atoms with van der Waals surface area (Å²) in [5.74, 6) is 1.74. The zero-order valence-electron chi connectivity index (χ0n) is 10.8. The van der Waals surface area contributed by atoms with Crippen molar-refractivity contribution in [3.63, 3.8) is 0 Å². The molecule has 2 nitrogen and oxygen atoms in total. The van der Waals surface area contributed by atoms with Crippen LogP contribution in [0.4, 0.5) is 0 Å². The predicted molar refractivity (Wildman–Crippen MR) is 69.4 cm³/mol. The van der Waals surface area contributed by atoms with Crippen molar-refractivity contribution in [1.29, 1.82) is 0 Å². The second kappa shape index (κ2) is 6.02. The minimum Gasteiger partial charge on any atom is -0.327 e. The summed E-state index contributed by atoms with van der Waals surface area (Å²) >= 11 is 0. The Morgan fingerprint density at radius 1 is 1.12 bits per heavy atom. The fraction of sp³-hybridized carbons (Fsp3) is 1.00. The summed E-state index contributed by atoms with van der Waals surface area (Å²) < 4.78 is 0. The highest BCUT2D eigenvalue weighted by Gasteiger charge is 2.26. The molecular formula is C14H28N2. The topological polar surface area (TPSA) is 29.3 Å². The van der Waals surface area contributed by atoms with Gasteiger partial charge in [0.15, 0.2) is 0 Å². The molecule has 1 saturated heterocycles. The highest BCUT2D eigenvalue weighted by atomic mass is 15.1. The second-order valence-electron chi connectivity index (χ2n) is 5.88. The molecule has 0 spiro atoms. The summed E-state index contributed by atoms with van der Waals surface area (Å²) in [5, 5.41) is 0. The molecule has 0 aromatic rings. The summed E-state index contributed by atoms with van der Waals surface area (Å²) in [5.41, 5.74) is 6.30. The first-order valence-electron chi connectivity index (χ1n) is 7.27. The van der Waals surface area contributed by atoms with Crippen molar-refractivity contribution in [2.75, 3.05) is 19.6 Å². The van der Waals surface area contributed by atoms with Gasteiger partial charge in [-0.1, -0.05) is 32.6 Å². The zero-order chi connectivity index (χ0) is 11.4. The molecule has 1 saturated carbocycles. The Hall–Kier alpha value is -0.0800. The van der Waals surface area contributed by atoms with Crippen LogP contribution in [0.5, 0.6) is 0 Å². The molecule has 2 heteroatoms. The van der Waals surface area contributed by atoms with Gasteiger partial charge in [0.2, 0.25) is 0 Å². The van der Waals surface area contributed by atoms with Gasteiger partial charge in [0.1, 0.15) is 0 Å². The average Bonchev–Trinajstić information content (AvgIpc) is 2.65. The Bertz CT molecular complexity index is 205. The average molecular weight is 224 g/mol. The standard InChI is InChI=1S/C14H28N2/c1-2-12-8-9-16(10-12)11-13-6-4-3-5-7-14(13)15/h12-14H,2-11,15H2,1H3. The Morgan fingerprint density at radius 2 is 1.94 bits per heavy atom. The fourth-order valence-electron chi connectivity index (χ4n) is 3.38. The predicted octanol–water partition coefficient (Wildman–Crippen LogP) is 2.63. The van der Waals surface area contributed by atoms with Crippen LogP contribution in [0.15, 0.2) is 0 Å². The van der Waals surface area contributed by atoms with Crippen LogP contribution in [0.3, 0.4) is 0 Å². The molecule has 2 fully saturated rings. The van der Waals surface area contributed by atoms with Crippen molar-refractivity contribution in [3.05, 3.63) is 0 Å². The molecule has 0 amide bonds. The molecule has 1 aliphatic heterocycles. The molecule has 2 N–H and O–H groups in total. The lowest BCUT2D eigenvalue weighted by molar-refractivity contribution is 0.236. The Balaban J connectivity index is 1.79. The first-order chi connectivity index (χ1) is 7.79. The minimum atomic E-state index is 0.475. The monoisotopic (exact) mass is 224 g/mol. The molecule has 3 atom stereocenters. The van der Waals surface area contributed by atoms with E-state index in [9.17, 15) is 0 Å². The van der Waals surface area contributed by atoms with Crippen molar-refractivity contribution in [3.8, 4) is 0 Å². The Kier molecular flexibility index (Phi) is 4.66. The molecule has 16 heavy (non-hydrogen) atoms. The van der Waals surface area contributed by atoms with Gasteiger partial charge in [-0.3, -0.25) is 0 Å². The highest BCUT2D eigenvalue weighted by molar-refractivity contribution is 4.82. The van der Waals surface area contributed by atoms with Crippen LogP contribution in [-0.4, -0.2) is 30.6 Å². The van der Waals surface area contributed by atoms with Crippen LogP contribution >= 0.6 is 0 Å². The van der Waals surface area contributed by atoms with E-state index in [1.165, 1.54) is 64.6 Å². The van der Waals surface area contributed by atoms with E-state index in [2.05, 4.69) is 11.8 Å². The minimum absolute atomic E-state index is 0.475. The third kappa shape index (κ3) is 3.21. The quantitative estimate of drug-likeness (QED) is 0.747. The van der Waals surface area contributed by atoms with E-state index in [0.29, 0.717) is 6.04 Å². The molecular weight excluding hydrogens is 196 g/mol. The van der Waals surface area contributed by atoms with Crippen molar-refractivity contribution >= 4 is 0 Å². The number of hydrogen-bond acceptors (Lipinski definition) is 2. The van der Waals surface area contributed by atoms with Gasteiger partial charge in [0.05, 0.1) is 0 Å². The van der Waals surface area contributed by atoms with Crippen LogP contribution in [-0.2, 0) is 0 Å². The van der Waals surface area contributed by atoms with Gasteiger partial charge in [0.25, 0.3) is 0 Å². The van der Waals surface area contributed by atoms with Gasteiger partial charge in [-0.15, -0.1) is 0 Å².